The van der Waals surface area contributed by atoms with Gasteiger partial charge in [0.1, 0.15) is 11.7 Å². The number of nitrogens with one attached hydrogen (secondary N) is 1. The van der Waals surface area contributed by atoms with Gasteiger partial charge in [-0.25, -0.2) is 0 Å². The summed E-state index contributed by atoms with van der Waals surface area (Å²) in [6.45, 7) is 8.33. The second kappa shape index (κ2) is 19.3. The Morgan fingerprint density at radius 1 is 0.932 bits per heavy atom. The fourth-order valence-electron chi connectivity index (χ4n) is 7.66. The van der Waals surface area contributed by atoms with Crippen molar-refractivity contribution in [2.24, 2.45) is 17.8 Å². The van der Waals surface area contributed by atoms with Crippen LogP contribution < -0.4 is 10.2 Å². The highest BCUT2D eigenvalue weighted by Gasteiger charge is 2.47. The Hall–Kier alpha value is -2.31. The minimum Gasteiger partial charge on any atom is -0.379 e. The van der Waals surface area contributed by atoms with Crippen LogP contribution in [0.4, 0.5) is 5.69 Å². The average Bonchev–Trinajstić information content (AvgIpc) is 3.39. The Kier molecular flexibility index (Phi) is 15.1. The van der Waals surface area contributed by atoms with Gasteiger partial charge in [-0.1, -0.05) is 51.0 Å². The van der Waals surface area contributed by atoms with Gasteiger partial charge in [-0.3, -0.25) is 9.59 Å². The highest BCUT2D eigenvalue weighted by molar-refractivity contribution is 5.84. The van der Waals surface area contributed by atoms with Crippen LogP contribution >= 0.6 is 0 Å². The van der Waals surface area contributed by atoms with Crippen LogP contribution in [-0.2, 0) is 25.5 Å². The number of amides is 1. The molecule has 2 fully saturated rings. The monoisotopic (exact) mass is 607 g/mol. The summed E-state index contributed by atoms with van der Waals surface area (Å²) in [6.07, 6.45) is 19.7. The number of rotatable bonds is 20. The van der Waals surface area contributed by atoms with Gasteiger partial charge in [0.05, 0.1) is 38.6 Å². The second-order valence-electron chi connectivity index (χ2n) is 13.2. The van der Waals surface area contributed by atoms with E-state index in [1.165, 1.54) is 69.0 Å². The molecule has 6 heteroatoms. The van der Waals surface area contributed by atoms with Gasteiger partial charge in [-0.2, -0.15) is 0 Å². The summed E-state index contributed by atoms with van der Waals surface area (Å²) >= 11 is 0. The number of nitrogens with zero attached hydrogens (tertiary/aromatic N) is 1. The Balaban J connectivity index is 1.15. The van der Waals surface area contributed by atoms with Crippen molar-refractivity contribution in [3.8, 4) is 0 Å². The Labute approximate surface area is 267 Å². The molecule has 3 atom stereocenters. The van der Waals surface area contributed by atoms with Crippen molar-refractivity contribution < 1.29 is 19.1 Å². The molecule has 3 unspecified atom stereocenters. The molecule has 0 spiro atoms. The zero-order valence-corrected chi connectivity index (χ0v) is 27.8. The highest BCUT2D eigenvalue weighted by Crippen LogP contribution is 2.50. The summed E-state index contributed by atoms with van der Waals surface area (Å²) in [5.41, 5.74) is 4.47. The van der Waals surface area contributed by atoms with E-state index in [9.17, 15) is 9.59 Å². The summed E-state index contributed by atoms with van der Waals surface area (Å²) in [6, 6.07) is 9.00. The van der Waals surface area contributed by atoms with Gasteiger partial charge in [0.2, 0.25) is 5.91 Å². The number of fused-ring (bicyclic) bond motifs is 2. The van der Waals surface area contributed by atoms with Gasteiger partial charge in [0.25, 0.3) is 0 Å². The predicted molar refractivity (Wildman–Crippen MR) is 180 cm³/mol. The zero-order chi connectivity index (χ0) is 31.0. The molecule has 1 aromatic carbocycles. The number of para-hydroxylation sites is 1. The lowest BCUT2D eigenvalue weighted by Crippen LogP contribution is -2.36. The fourth-order valence-corrected chi connectivity index (χ4v) is 7.66. The molecule has 1 heterocycles. The maximum Gasteiger partial charge on any atom is 0.220 e. The van der Waals surface area contributed by atoms with Crippen molar-refractivity contribution >= 4 is 17.4 Å². The number of Topliss-reactive ketones (excluding diaryl/α,β-unsaturated/α-hetero) is 1. The second-order valence-corrected chi connectivity index (χ2v) is 13.2. The number of hydrogen-bond donors (Lipinski definition) is 1. The molecule has 0 saturated heterocycles. The lowest BCUT2D eigenvalue weighted by molar-refractivity contribution is -0.125. The summed E-state index contributed by atoms with van der Waals surface area (Å²) in [5, 5.41) is 2.85. The number of hydrogen-bond acceptors (Lipinski definition) is 5. The van der Waals surface area contributed by atoms with Gasteiger partial charge in [0, 0.05) is 62.7 Å². The molecule has 1 aromatic rings. The standard InChI is InChI=1S/C38H58N2O4/c1-3-5-23-40-33(29-32-13-7-11-17-37(32)40)28-31-19-18-30(35-15-9-10-16-36(31)35)12-6-8-14-34(41)20-21-38(42)39-22-25-44-27-26-43-24-4-2/h7,11,13,17,28,31,35-36H,3-6,8-10,12,14-16,18-27,29H2,1-2H3/p+1/b33-28+. The van der Waals surface area contributed by atoms with Crippen LogP contribution in [0, 0.1) is 23.7 Å². The molecule has 244 valence electrons. The van der Waals surface area contributed by atoms with Crippen molar-refractivity contribution in [3.63, 3.8) is 0 Å². The van der Waals surface area contributed by atoms with Crippen LogP contribution in [0.5, 0.6) is 0 Å². The SMILES string of the molecule is CCCCN1/C(=C/C2CC[C+](CCCCC(=O)CCC(=O)NCCOCCOCCC)C3CCCCC23)Cc2ccccc21. The van der Waals surface area contributed by atoms with E-state index in [1.807, 2.05) is 0 Å². The molecule has 0 bridgehead atoms. The largest absolute Gasteiger partial charge is 0.379 e. The minimum atomic E-state index is -0.0650. The van der Waals surface area contributed by atoms with Crippen molar-refractivity contribution in [1.29, 1.82) is 0 Å². The Bertz CT molecular complexity index is 1040. The molecular formula is C38H59N2O4+. The molecule has 1 N–H and O–H groups in total. The third-order valence-corrected chi connectivity index (χ3v) is 9.96. The summed E-state index contributed by atoms with van der Waals surface area (Å²) < 4.78 is 10.8. The normalized spacial score (nSPS) is 22.2. The first-order chi connectivity index (χ1) is 21.6. The zero-order valence-electron chi connectivity index (χ0n) is 27.8. The first kappa shape index (κ1) is 34.6. The number of ether oxygens (including phenoxy) is 2. The van der Waals surface area contributed by atoms with Crippen LogP contribution in [0.2, 0.25) is 0 Å². The summed E-state index contributed by atoms with van der Waals surface area (Å²) in [7, 11) is 0. The molecule has 4 rings (SSSR count). The molecule has 0 radical (unpaired) electrons. The van der Waals surface area contributed by atoms with E-state index < -0.39 is 0 Å². The number of unbranched alkanes of at least 4 members (excludes halogenated alkanes) is 2. The number of benzene rings is 1. The van der Waals surface area contributed by atoms with Gasteiger partial charge >= 0.3 is 0 Å². The first-order valence-corrected chi connectivity index (χ1v) is 17.9. The quantitative estimate of drug-likeness (QED) is 0.120. The average molecular weight is 608 g/mol. The van der Waals surface area contributed by atoms with Crippen molar-refractivity contribution in [2.75, 3.05) is 44.4 Å². The minimum absolute atomic E-state index is 0.0650. The maximum atomic E-state index is 12.5. The van der Waals surface area contributed by atoms with E-state index >= 15 is 0 Å². The molecule has 0 aromatic heterocycles. The van der Waals surface area contributed by atoms with Crippen LogP contribution in [0.15, 0.2) is 36.0 Å². The van der Waals surface area contributed by atoms with Crippen LogP contribution in [0.25, 0.3) is 0 Å². The number of anilines is 1. The van der Waals surface area contributed by atoms with Gasteiger partial charge in [-0.05, 0) is 68.9 Å². The van der Waals surface area contributed by atoms with Gasteiger partial charge in [-0.15, -0.1) is 0 Å². The van der Waals surface area contributed by atoms with Crippen molar-refractivity contribution in [1.82, 2.24) is 5.32 Å². The van der Waals surface area contributed by atoms with E-state index in [-0.39, 0.29) is 18.1 Å². The third-order valence-electron chi connectivity index (χ3n) is 9.96. The van der Waals surface area contributed by atoms with Crippen LogP contribution in [0.3, 0.4) is 0 Å². The number of carbonyl (C=O) groups excluding carboxylic acids is 2. The first-order valence-electron chi connectivity index (χ1n) is 17.9. The van der Waals surface area contributed by atoms with E-state index in [0.29, 0.717) is 45.1 Å². The Morgan fingerprint density at radius 3 is 2.59 bits per heavy atom. The van der Waals surface area contributed by atoms with Crippen LogP contribution in [0.1, 0.15) is 116 Å². The van der Waals surface area contributed by atoms with Crippen molar-refractivity contribution in [2.45, 2.75) is 117 Å². The number of allylic oxidation sites excluding steroid dienone is 2. The molecule has 44 heavy (non-hydrogen) atoms. The molecule has 1 amide bonds. The van der Waals surface area contributed by atoms with Gasteiger partial charge in [0.15, 0.2) is 0 Å². The smallest absolute Gasteiger partial charge is 0.220 e. The summed E-state index contributed by atoms with van der Waals surface area (Å²) in [5.74, 6) is 4.18. The Morgan fingerprint density at radius 2 is 1.75 bits per heavy atom. The van der Waals surface area contributed by atoms with E-state index in [0.717, 1.165) is 50.7 Å². The summed E-state index contributed by atoms with van der Waals surface area (Å²) in [4.78, 5) is 27.2. The maximum absolute atomic E-state index is 12.5. The predicted octanol–water partition coefficient (Wildman–Crippen LogP) is 7.99. The molecule has 3 aliphatic rings. The number of ketones is 1. The molecule has 2 saturated carbocycles. The van der Waals surface area contributed by atoms with E-state index in [1.54, 1.807) is 11.6 Å². The van der Waals surface area contributed by atoms with Crippen molar-refractivity contribution in [3.05, 3.63) is 47.5 Å². The highest BCUT2D eigenvalue weighted by atomic mass is 16.5. The molecular weight excluding hydrogens is 548 g/mol. The molecule has 1 aliphatic heterocycles. The molecule has 2 aliphatic carbocycles. The van der Waals surface area contributed by atoms with Crippen LogP contribution in [-0.4, -0.2) is 51.2 Å². The lowest BCUT2D eigenvalue weighted by atomic mass is 9.60. The molecule has 6 nitrogen and oxygen atoms in total. The van der Waals surface area contributed by atoms with E-state index in [4.69, 9.17) is 9.47 Å². The lowest BCUT2D eigenvalue weighted by Gasteiger charge is -2.39. The topological polar surface area (TPSA) is 67.9 Å². The number of carbonyl (C=O) groups is 2. The van der Waals surface area contributed by atoms with E-state index in [2.05, 4.69) is 54.4 Å². The van der Waals surface area contributed by atoms with Gasteiger partial charge < -0.3 is 19.7 Å². The fraction of sp³-hybridized carbons (Fsp3) is 0.711. The third kappa shape index (κ3) is 10.7.